The van der Waals surface area contributed by atoms with E-state index in [9.17, 15) is 14.4 Å². The number of hydrogen-bond acceptors (Lipinski definition) is 4. The first kappa shape index (κ1) is 15.6. The second-order valence-electron chi connectivity index (χ2n) is 4.92. The minimum absolute atomic E-state index is 0.0543. The van der Waals surface area contributed by atoms with Crippen molar-refractivity contribution >= 4 is 34.9 Å². The molecule has 2 N–H and O–H groups in total. The van der Waals surface area contributed by atoms with Gasteiger partial charge in [0, 0.05) is 32.9 Å². The lowest BCUT2D eigenvalue weighted by atomic mass is 9.98. The Balaban J connectivity index is 2.53. The Morgan fingerprint density at radius 1 is 1.42 bits per heavy atom. The highest BCUT2D eigenvalue weighted by Gasteiger charge is 2.32. The van der Waals surface area contributed by atoms with Crippen LogP contribution >= 0.6 is 12.2 Å². The first-order valence-electron chi connectivity index (χ1n) is 6.16. The summed E-state index contributed by atoms with van der Waals surface area (Å²) in [5.41, 5.74) is 5.36. The number of nitrogens with two attached hydrogens (primary N) is 1. The van der Waals surface area contributed by atoms with Gasteiger partial charge in [-0.2, -0.15) is 0 Å². The number of thiocarbonyl (C=S) groups is 1. The summed E-state index contributed by atoms with van der Waals surface area (Å²) in [6, 6.07) is 0. The van der Waals surface area contributed by atoms with Gasteiger partial charge in [0.1, 0.15) is 6.54 Å². The number of carbonyl (C=O) groups excluding carboxylic acids is 3. The van der Waals surface area contributed by atoms with Gasteiger partial charge in [-0.05, 0) is 5.92 Å². The summed E-state index contributed by atoms with van der Waals surface area (Å²) in [5.74, 6) is -0.786. The molecule has 0 aromatic heterocycles. The summed E-state index contributed by atoms with van der Waals surface area (Å²) in [6.07, 6.45) is 1.06. The molecule has 106 valence electrons. The van der Waals surface area contributed by atoms with Gasteiger partial charge in [0.15, 0.2) is 0 Å². The molecule has 1 fully saturated rings. The molecule has 0 aromatic carbocycles. The van der Waals surface area contributed by atoms with Crippen molar-refractivity contribution in [2.45, 2.75) is 26.2 Å². The van der Waals surface area contributed by atoms with Crippen molar-refractivity contribution in [3.8, 4) is 0 Å². The van der Waals surface area contributed by atoms with E-state index in [2.05, 4.69) is 0 Å². The summed E-state index contributed by atoms with van der Waals surface area (Å²) in [7, 11) is 1.60. The Hall–Kier alpha value is -1.50. The second-order valence-corrected chi connectivity index (χ2v) is 5.44. The third-order valence-electron chi connectivity index (χ3n) is 3.06. The van der Waals surface area contributed by atoms with Crippen LogP contribution in [0.4, 0.5) is 0 Å². The van der Waals surface area contributed by atoms with Crippen LogP contribution in [0, 0.1) is 5.92 Å². The van der Waals surface area contributed by atoms with Crippen molar-refractivity contribution in [2.75, 3.05) is 20.1 Å². The summed E-state index contributed by atoms with van der Waals surface area (Å²) in [6.45, 7) is 2.04. The largest absolute Gasteiger partial charge is 0.393 e. The Bertz CT molecular complexity index is 393. The number of hydrogen-bond donors (Lipinski definition) is 1. The molecule has 19 heavy (non-hydrogen) atoms. The standard InChI is InChI=1S/C12H19N3O3S/c1-8-5-10(16)15(11(17)6-8)7-12(18)14(2)4-3-9(13)19/h8H,3-7H2,1-2H3,(H2,13,19). The maximum absolute atomic E-state index is 11.9. The van der Waals surface area contributed by atoms with Crippen LogP contribution in [0.1, 0.15) is 26.2 Å². The van der Waals surface area contributed by atoms with E-state index >= 15 is 0 Å². The van der Waals surface area contributed by atoms with Gasteiger partial charge < -0.3 is 10.6 Å². The van der Waals surface area contributed by atoms with Crippen LogP contribution in [0.2, 0.25) is 0 Å². The number of likely N-dealkylation sites (tertiary alicyclic amines) is 1. The van der Waals surface area contributed by atoms with Crippen molar-refractivity contribution in [2.24, 2.45) is 11.7 Å². The van der Waals surface area contributed by atoms with Crippen molar-refractivity contribution in [3.05, 3.63) is 0 Å². The van der Waals surface area contributed by atoms with E-state index in [-0.39, 0.29) is 30.2 Å². The number of carbonyl (C=O) groups is 3. The normalized spacial score (nSPS) is 16.6. The van der Waals surface area contributed by atoms with Gasteiger partial charge >= 0.3 is 0 Å². The molecule has 1 aliphatic heterocycles. The first-order chi connectivity index (χ1) is 8.81. The molecule has 7 heteroatoms. The fraction of sp³-hybridized carbons (Fsp3) is 0.667. The molecule has 1 aliphatic rings. The lowest BCUT2D eigenvalue weighted by molar-refractivity contribution is -0.154. The van der Waals surface area contributed by atoms with Crippen LogP contribution in [0.3, 0.4) is 0 Å². The zero-order valence-corrected chi connectivity index (χ0v) is 12.0. The van der Waals surface area contributed by atoms with Gasteiger partial charge in [-0.25, -0.2) is 0 Å². The Morgan fingerprint density at radius 3 is 2.42 bits per heavy atom. The summed E-state index contributed by atoms with van der Waals surface area (Å²) >= 11 is 4.73. The third kappa shape index (κ3) is 4.59. The molecule has 0 unspecified atom stereocenters. The smallest absolute Gasteiger partial charge is 0.242 e. The van der Waals surface area contributed by atoms with Crippen LogP contribution in [0.5, 0.6) is 0 Å². The maximum Gasteiger partial charge on any atom is 0.242 e. The molecule has 1 heterocycles. The zero-order valence-electron chi connectivity index (χ0n) is 11.2. The van der Waals surface area contributed by atoms with Crippen LogP contribution in [-0.2, 0) is 14.4 Å². The van der Waals surface area contributed by atoms with Crippen molar-refractivity contribution < 1.29 is 14.4 Å². The summed E-state index contributed by atoms with van der Waals surface area (Å²) in [5, 5.41) is 0. The van der Waals surface area contributed by atoms with Crippen molar-refractivity contribution in [1.29, 1.82) is 0 Å². The van der Waals surface area contributed by atoms with E-state index in [1.54, 1.807) is 7.05 Å². The Kier molecular flexibility index (Phi) is 5.41. The molecular weight excluding hydrogens is 266 g/mol. The predicted octanol–water partition coefficient (Wildman–Crippen LogP) is -0.0939. The molecule has 3 amide bonds. The minimum atomic E-state index is -0.285. The van der Waals surface area contributed by atoms with Crippen LogP contribution in [0.15, 0.2) is 0 Å². The highest BCUT2D eigenvalue weighted by molar-refractivity contribution is 7.80. The molecule has 1 rings (SSSR count). The molecule has 6 nitrogen and oxygen atoms in total. The van der Waals surface area contributed by atoms with Gasteiger partial charge in [-0.3, -0.25) is 19.3 Å². The predicted molar refractivity (Wildman–Crippen MR) is 74.2 cm³/mol. The summed E-state index contributed by atoms with van der Waals surface area (Å²) in [4.78, 5) is 38.2. The van der Waals surface area contributed by atoms with Gasteiger partial charge in [-0.1, -0.05) is 19.1 Å². The fourth-order valence-corrected chi connectivity index (χ4v) is 1.95. The minimum Gasteiger partial charge on any atom is -0.393 e. The molecule has 0 atom stereocenters. The van der Waals surface area contributed by atoms with E-state index in [4.69, 9.17) is 18.0 Å². The lowest BCUT2D eigenvalue weighted by Crippen LogP contribution is -2.48. The Labute approximate surface area is 117 Å². The average Bonchev–Trinajstić information content (AvgIpc) is 2.30. The number of nitrogens with zero attached hydrogens (tertiary/aromatic N) is 2. The fourth-order valence-electron chi connectivity index (χ4n) is 1.86. The molecule has 0 aliphatic carbocycles. The van der Waals surface area contributed by atoms with Crippen LogP contribution < -0.4 is 5.73 Å². The van der Waals surface area contributed by atoms with Gasteiger partial charge in [0.05, 0.1) is 4.99 Å². The van der Waals surface area contributed by atoms with Crippen molar-refractivity contribution in [1.82, 2.24) is 9.80 Å². The highest BCUT2D eigenvalue weighted by atomic mass is 32.1. The van der Waals surface area contributed by atoms with E-state index in [0.29, 0.717) is 30.8 Å². The molecular formula is C12H19N3O3S. The molecule has 0 spiro atoms. The lowest BCUT2D eigenvalue weighted by Gasteiger charge is -2.29. The number of imide groups is 1. The van der Waals surface area contributed by atoms with Gasteiger partial charge in [-0.15, -0.1) is 0 Å². The number of likely N-dealkylation sites (N-methyl/N-ethyl adjacent to an activating group) is 1. The first-order valence-corrected chi connectivity index (χ1v) is 6.57. The van der Waals surface area contributed by atoms with Crippen molar-refractivity contribution in [3.63, 3.8) is 0 Å². The number of rotatable bonds is 5. The van der Waals surface area contributed by atoms with Gasteiger partial charge in [0.25, 0.3) is 0 Å². The maximum atomic E-state index is 11.9. The topological polar surface area (TPSA) is 83.7 Å². The average molecular weight is 285 g/mol. The molecule has 0 saturated carbocycles. The van der Waals surface area contributed by atoms with Crippen LogP contribution in [-0.4, -0.2) is 52.6 Å². The van der Waals surface area contributed by atoms with Crippen LogP contribution in [0.25, 0.3) is 0 Å². The van der Waals surface area contributed by atoms with Gasteiger partial charge in [0.2, 0.25) is 17.7 Å². The van der Waals surface area contributed by atoms with E-state index in [0.717, 1.165) is 4.90 Å². The molecule has 0 bridgehead atoms. The van der Waals surface area contributed by atoms with E-state index in [1.165, 1.54) is 4.90 Å². The molecule has 0 aromatic rings. The Morgan fingerprint density at radius 2 is 1.95 bits per heavy atom. The number of amides is 3. The highest BCUT2D eigenvalue weighted by Crippen LogP contribution is 2.18. The molecule has 1 saturated heterocycles. The van der Waals surface area contributed by atoms with E-state index in [1.807, 2.05) is 6.92 Å². The third-order valence-corrected chi connectivity index (χ3v) is 3.27. The monoisotopic (exact) mass is 285 g/mol. The second kappa shape index (κ2) is 6.60. The molecule has 0 radical (unpaired) electrons. The number of piperidine rings is 1. The SMILES string of the molecule is CC1CC(=O)N(CC(=O)N(C)CCC(N)=S)C(=O)C1. The quantitative estimate of drug-likeness (QED) is 0.563. The van der Waals surface area contributed by atoms with E-state index < -0.39 is 0 Å². The summed E-state index contributed by atoms with van der Waals surface area (Å²) < 4.78 is 0. The zero-order chi connectivity index (χ0) is 14.6.